The average molecular weight is 1850 g/mol. The van der Waals surface area contributed by atoms with Crippen LogP contribution in [0.15, 0.2) is 46.8 Å². The Balaban J connectivity index is 2.47. The third-order valence-electron chi connectivity index (χ3n) is 22.9. The number of aliphatic hydroxyl groups excluding tert-OH is 2. The number of guanidine groups is 2. The number of primary amides is 1. The number of thioether (sulfide) groups is 1. The predicted octanol–water partition coefficient (Wildman–Crippen LogP) is 4.79. The number of unbranched alkanes of at least 4 members (excludes halogenated alkanes) is 14. The monoisotopic (exact) mass is 1850 g/mol. The molecule has 37 nitrogen and oxygen atoms in total. The van der Waals surface area contributed by atoms with Crippen molar-refractivity contribution in [2.45, 2.75) is 328 Å². The number of nitrogens with two attached hydrogens (primary N) is 7. The second kappa shape index (κ2) is 66.6. The van der Waals surface area contributed by atoms with Gasteiger partial charge in [-0.1, -0.05) is 130 Å². The van der Waals surface area contributed by atoms with Crippen LogP contribution >= 0.6 is 11.8 Å². The Hall–Kier alpha value is -9.79. The Morgan fingerprint density at radius 1 is 0.446 bits per heavy atom. The maximum atomic E-state index is 15.0. The summed E-state index contributed by atoms with van der Waals surface area (Å²) in [6.07, 6.45) is 15.2. The van der Waals surface area contributed by atoms with Crippen molar-refractivity contribution >= 4 is 112 Å². The lowest BCUT2D eigenvalue weighted by Crippen LogP contribution is -2.51. The number of benzene rings is 1. The van der Waals surface area contributed by atoms with Gasteiger partial charge in [0.1, 0.15) is 11.8 Å². The van der Waals surface area contributed by atoms with Gasteiger partial charge in [-0.2, -0.15) is 11.8 Å². The van der Waals surface area contributed by atoms with Gasteiger partial charge in [0.25, 0.3) is 0 Å². The molecule has 38 heteroatoms. The molecule has 0 saturated heterocycles. The van der Waals surface area contributed by atoms with Gasteiger partial charge in [0.15, 0.2) is 46.6 Å². The number of aliphatic carboxylic acids is 1. The van der Waals surface area contributed by atoms with Gasteiger partial charge >= 0.3 is 5.97 Å². The van der Waals surface area contributed by atoms with E-state index in [2.05, 4.69) is 64.1 Å². The molecule has 0 fully saturated rings. The van der Waals surface area contributed by atoms with E-state index in [0.717, 1.165) is 32.6 Å². The number of hydrogen-bond acceptors (Lipinski definition) is 24. The van der Waals surface area contributed by atoms with Crippen molar-refractivity contribution in [3.8, 4) is 5.75 Å². The Kier molecular flexibility index (Phi) is 59.5. The number of aliphatic hydroxyl groups is 2. The second-order valence-electron chi connectivity index (χ2n) is 35.3. The first-order chi connectivity index (χ1) is 61.8. The van der Waals surface area contributed by atoms with Crippen LogP contribution in [0.2, 0.25) is 0 Å². The molecule has 26 N–H and O–H groups in total. The second-order valence-corrected chi connectivity index (χ2v) is 36.3. The molecule has 0 aliphatic rings. The van der Waals surface area contributed by atoms with Crippen molar-refractivity contribution in [3.05, 3.63) is 48.0 Å². The number of carboxylic acids is 1. The minimum absolute atomic E-state index is 0.00162. The number of ketones is 6. The number of rotatable bonds is 77. The number of imidazole rings is 1. The molecule has 0 bridgehead atoms. The summed E-state index contributed by atoms with van der Waals surface area (Å²) >= 11 is 1.27. The van der Waals surface area contributed by atoms with Crippen molar-refractivity contribution in [1.29, 1.82) is 0 Å². The number of hydrogen-bond donors (Lipinski definition) is 19. The number of carbonyl (C=O) groups excluding carboxylic acids is 14. The quantitative estimate of drug-likeness (QED) is 0.0240. The Morgan fingerprint density at radius 3 is 1.36 bits per heavy atom. The zero-order valence-corrected chi connectivity index (χ0v) is 78.9. The lowest BCUT2D eigenvalue weighted by molar-refractivity contribution is -0.142. The van der Waals surface area contributed by atoms with Gasteiger partial charge in [-0.3, -0.25) is 81.9 Å². The highest BCUT2D eigenvalue weighted by Gasteiger charge is 2.40. The molecule has 2 aromatic rings. The minimum atomic E-state index is -1.91. The zero-order chi connectivity index (χ0) is 97.2. The van der Waals surface area contributed by atoms with Gasteiger partial charge in [-0.15, -0.1) is 0 Å². The highest BCUT2D eigenvalue weighted by Crippen LogP contribution is 2.27. The third-order valence-corrected chi connectivity index (χ3v) is 23.6. The summed E-state index contributed by atoms with van der Waals surface area (Å²) < 4.78 is 0. The minimum Gasteiger partial charge on any atom is -0.508 e. The van der Waals surface area contributed by atoms with Crippen LogP contribution in [0.3, 0.4) is 0 Å². The number of amides is 8. The van der Waals surface area contributed by atoms with Crippen molar-refractivity contribution in [2.75, 3.05) is 44.8 Å². The number of aliphatic imine (C=N–C) groups is 2. The molecular weight excluding hydrogens is 1690 g/mol. The number of carbonyl (C=O) groups is 15. The van der Waals surface area contributed by atoms with Crippen LogP contribution < -0.4 is 77.4 Å². The summed E-state index contributed by atoms with van der Waals surface area (Å²) in [7, 11) is 0. The first-order valence-electron chi connectivity index (χ1n) is 46.6. The van der Waals surface area contributed by atoms with Crippen LogP contribution in [0.4, 0.5) is 0 Å². The number of aromatic nitrogens is 2. The standard InChI is InChI=1S/C92H156N18O19S/c1-9-10-11-12-13-14-15-16-17-18-19-20-21-32-82(120)104-59(6)85(124)105-70(30-23-25-39-94)76(114)50-65(43-57(2)3)88(127)106-71(31-27-41-102-92(98)99)77(115)51-66(55-111)89(128)107-72(37-42-130-8)81(119)52-69(60(7)112)90(129)110-75(53-83(121)122)79(117)47-62(28-22-24-38-93)86(125)109-74(45-61-33-35-68(113)36-34-61)78(116)48-63(29-26-40-101-91(96)97)87(126)108-73(44-58(4)5)80(118)49-64(84(95)123)46-67-54-100-56-103-67/h33-36,54,56-60,62-66,69-75,111-113H,9-32,37-53,55,93-94H2,1-8H3,(H2,95,123)(H,100,103)(H,104,120)(H,105,124)(H,106,127)(H,107,128)(H,108,126)(H,109,125)(H,110,129)(H,121,122)(H4,96,97,101)(H4,98,99,102)/t59-,60+,62+,63+,64+,65+,66-,69-,70-,71-,72-,73-,74-,75-/m0/s1. The largest absolute Gasteiger partial charge is 0.508 e. The molecule has 0 spiro atoms. The highest BCUT2D eigenvalue weighted by molar-refractivity contribution is 7.98. The molecule has 1 aromatic heterocycles. The van der Waals surface area contributed by atoms with Gasteiger partial charge in [-0.25, -0.2) is 4.98 Å². The lowest BCUT2D eigenvalue weighted by atomic mass is 9.87. The number of Topliss-reactive ketones (excluding diaryl/α,β-unsaturated/α-hetero) is 6. The van der Waals surface area contributed by atoms with Crippen molar-refractivity contribution in [2.24, 2.45) is 97.5 Å². The normalized spacial score (nSPS) is 14.6. The van der Waals surface area contributed by atoms with Gasteiger partial charge in [0.05, 0.1) is 79.5 Å². The SMILES string of the molecule is CCCCCCCCCCCCCCCC(=O)N[C@@H](C)C(=O)N[C@@H](CCCCN)C(=O)C[C@@H](CC(C)C)C(=O)N[C@@H](CCCN=C(N)N)C(=O)C[C@@H](CO)C(=O)N[C@@H](CCSC)C(=O)C[C@H](C(=O)N[C@@H](CC(=O)O)C(=O)C[C@@H](CCCCN)C(=O)N[C@@H](Cc1ccc(O)cc1)C(=O)C[C@@H](CCCN=C(N)N)C(=O)N[C@@H](CC(C)C)C(=O)C[C@@H](Cc1cnc[nH]1)C(N)=O)[C@@H](C)O. The van der Waals surface area contributed by atoms with Crippen LogP contribution in [-0.4, -0.2) is 223 Å². The van der Waals surface area contributed by atoms with E-state index >= 15 is 0 Å². The summed E-state index contributed by atoms with van der Waals surface area (Å²) in [5, 5.41) is 61.4. The predicted molar refractivity (Wildman–Crippen MR) is 500 cm³/mol. The number of H-pyrrole nitrogens is 1. The van der Waals surface area contributed by atoms with E-state index in [1.807, 2.05) is 27.7 Å². The highest BCUT2D eigenvalue weighted by atomic mass is 32.2. The number of phenolic OH excluding ortho intramolecular Hbond substituents is 1. The summed E-state index contributed by atoms with van der Waals surface area (Å²) in [4.78, 5) is 227. The first kappa shape index (κ1) is 116. The smallest absolute Gasteiger partial charge is 0.305 e. The first-order valence-corrected chi connectivity index (χ1v) is 48.0. The topological polar surface area (TPSA) is 657 Å². The Labute approximate surface area is 771 Å². The van der Waals surface area contributed by atoms with E-state index in [0.29, 0.717) is 43.5 Å². The number of carboxylic acid groups (broad SMARTS) is 1. The molecule has 0 saturated carbocycles. The number of aromatic hydroxyl groups is 1. The van der Waals surface area contributed by atoms with Crippen LogP contribution in [0, 0.1) is 47.3 Å². The van der Waals surface area contributed by atoms with Crippen molar-refractivity contribution < 1.29 is 92.3 Å². The maximum Gasteiger partial charge on any atom is 0.305 e. The average Bonchev–Trinajstić information content (AvgIpc) is 0.980. The van der Waals surface area contributed by atoms with Gasteiger partial charge < -0.3 is 103 Å². The van der Waals surface area contributed by atoms with E-state index in [4.69, 9.17) is 40.1 Å². The number of nitrogens with one attached hydrogen (secondary N) is 8. The fourth-order valence-electron chi connectivity index (χ4n) is 15.4. The lowest BCUT2D eigenvalue weighted by Gasteiger charge is -2.27. The molecule has 0 aliphatic heterocycles. The molecule has 734 valence electrons. The summed E-state index contributed by atoms with van der Waals surface area (Å²) in [5.74, 6) is -20.6. The van der Waals surface area contributed by atoms with E-state index in [9.17, 15) is 92.3 Å². The molecule has 1 aromatic carbocycles. The molecule has 130 heavy (non-hydrogen) atoms. The van der Waals surface area contributed by atoms with Crippen molar-refractivity contribution in [1.82, 2.24) is 47.2 Å². The van der Waals surface area contributed by atoms with E-state index in [-0.39, 0.29) is 157 Å². The molecular formula is C92H156N18O19S. The Bertz CT molecular complexity index is 3840. The van der Waals surface area contributed by atoms with Crippen LogP contribution in [-0.2, 0) is 84.8 Å². The van der Waals surface area contributed by atoms with Crippen LogP contribution in [0.5, 0.6) is 5.75 Å². The van der Waals surface area contributed by atoms with Gasteiger partial charge in [0, 0.05) is 94.1 Å². The maximum absolute atomic E-state index is 15.0. The number of aromatic amines is 1. The van der Waals surface area contributed by atoms with Crippen molar-refractivity contribution in [3.63, 3.8) is 0 Å². The molecule has 1 heterocycles. The third kappa shape index (κ3) is 50.0. The number of phenols is 1. The summed E-state index contributed by atoms with van der Waals surface area (Å²) in [5.41, 5.74) is 40.9. The fraction of sp³-hybridized carbons (Fsp3) is 0.717. The zero-order valence-electron chi connectivity index (χ0n) is 78.1. The fourth-order valence-corrected chi connectivity index (χ4v) is 15.9. The molecule has 0 unspecified atom stereocenters. The molecule has 0 aliphatic carbocycles. The van der Waals surface area contributed by atoms with E-state index in [1.54, 1.807) is 6.26 Å². The summed E-state index contributed by atoms with van der Waals surface area (Å²) in [6, 6.07) is -3.74. The molecule has 2 rings (SSSR count). The van der Waals surface area contributed by atoms with Gasteiger partial charge in [-0.05, 0) is 158 Å². The molecule has 0 radical (unpaired) electrons. The van der Waals surface area contributed by atoms with E-state index in [1.165, 1.54) is 107 Å². The van der Waals surface area contributed by atoms with E-state index < -0.39 is 205 Å². The van der Waals surface area contributed by atoms with Gasteiger partial charge in [0.2, 0.25) is 47.3 Å². The van der Waals surface area contributed by atoms with Crippen LogP contribution in [0.1, 0.15) is 278 Å². The Morgan fingerprint density at radius 2 is 0.869 bits per heavy atom. The molecule has 8 amide bonds. The molecule has 14 atom stereocenters. The number of nitrogens with zero attached hydrogens (tertiary/aromatic N) is 3. The summed E-state index contributed by atoms with van der Waals surface area (Å²) in [6.45, 7) is 11.7. The van der Waals surface area contributed by atoms with Crippen LogP contribution in [0.25, 0.3) is 0 Å².